The standard InChI is InChI=1S/C16H21FN4O2S/c17-3-4-19-9-11(8-18)16-20-13-2-1-12(7-14(13)24-16)21-5-6-23-10-15(21)22/h1-2,7,9,11,16,20H,3-6,8,10,18H2/b19-9-. The minimum atomic E-state index is -0.462. The van der Waals surface area contributed by atoms with E-state index in [1.807, 2.05) is 18.2 Å². The molecule has 1 saturated heterocycles. The topological polar surface area (TPSA) is 79.9 Å². The van der Waals surface area contributed by atoms with Crippen LogP contribution in [0.4, 0.5) is 15.8 Å². The number of hydrogen-bond donors (Lipinski definition) is 2. The minimum Gasteiger partial charge on any atom is -0.371 e. The molecule has 1 fully saturated rings. The molecule has 6 nitrogen and oxygen atoms in total. The van der Waals surface area contributed by atoms with Crippen molar-refractivity contribution in [3.05, 3.63) is 18.2 Å². The lowest BCUT2D eigenvalue weighted by molar-refractivity contribution is -0.125. The van der Waals surface area contributed by atoms with Crippen LogP contribution < -0.4 is 16.0 Å². The number of nitrogens with two attached hydrogens (primary N) is 1. The number of hydrogen-bond acceptors (Lipinski definition) is 6. The summed E-state index contributed by atoms with van der Waals surface area (Å²) in [7, 11) is 0. The second kappa shape index (κ2) is 7.96. The highest BCUT2D eigenvalue weighted by atomic mass is 32.2. The van der Waals surface area contributed by atoms with Crippen molar-refractivity contribution < 1.29 is 13.9 Å². The van der Waals surface area contributed by atoms with E-state index < -0.39 is 6.67 Å². The lowest BCUT2D eigenvalue weighted by atomic mass is 10.1. The van der Waals surface area contributed by atoms with Crippen LogP contribution in [0, 0.1) is 5.92 Å². The molecule has 0 bridgehead atoms. The van der Waals surface area contributed by atoms with E-state index in [-0.39, 0.29) is 30.4 Å². The zero-order valence-corrected chi connectivity index (χ0v) is 14.1. The van der Waals surface area contributed by atoms with Gasteiger partial charge in [0.1, 0.15) is 13.3 Å². The molecule has 2 atom stereocenters. The van der Waals surface area contributed by atoms with Crippen LogP contribution in [0.5, 0.6) is 0 Å². The first-order chi connectivity index (χ1) is 11.7. The number of fused-ring (bicyclic) bond motifs is 1. The Hall–Kier alpha value is -1.64. The predicted octanol–water partition coefficient (Wildman–Crippen LogP) is 1.51. The van der Waals surface area contributed by atoms with Crippen molar-refractivity contribution in [2.75, 3.05) is 49.7 Å². The molecule has 0 radical (unpaired) electrons. The fraction of sp³-hybridized carbons (Fsp3) is 0.500. The largest absolute Gasteiger partial charge is 0.371 e. The number of ether oxygens (including phenoxy) is 1. The molecule has 1 aromatic rings. The third-order valence-corrected chi connectivity index (χ3v) is 5.30. The summed E-state index contributed by atoms with van der Waals surface area (Å²) in [6.07, 6.45) is 1.74. The summed E-state index contributed by atoms with van der Waals surface area (Å²) in [5.74, 6) is -0.00526. The van der Waals surface area contributed by atoms with Gasteiger partial charge in [-0.1, -0.05) is 11.8 Å². The maximum atomic E-state index is 12.2. The maximum Gasteiger partial charge on any atom is 0.253 e. The van der Waals surface area contributed by atoms with Crippen LogP contribution in [-0.4, -0.2) is 57.0 Å². The van der Waals surface area contributed by atoms with Crippen molar-refractivity contribution >= 4 is 35.3 Å². The zero-order valence-electron chi connectivity index (χ0n) is 13.3. The number of halogens is 1. The zero-order chi connectivity index (χ0) is 16.9. The molecule has 3 rings (SSSR count). The molecule has 0 aliphatic carbocycles. The molecule has 1 amide bonds. The van der Waals surface area contributed by atoms with E-state index in [0.717, 1.165) is 16.3 Å². The van der Waals surface area contributed by atoms with Crippen molar-refractivity contribution in [3.63, 3.8) is 0 Å². The molecular formula is C16H21FN4O2S. The van der Waals surface area contributed by atoms with Gasteiger partial charge < -0.3 is 20.7 Å². The molecule has 3 N–H and O–H groups in total. The molecule has 130 valence electrons. The maximum absolute atomic E-state index is 12.2. The highest BCUT2D eigenvalue weighted by Crippen LogP contribution is 2.42. The van der Waals surface area contributed by atoms with Gasteiger partial charge in [0.25, 0.3) is 5.91 Å². The van der Waals surface area contributed by atoms with Crippen molar-refractivity contribution in [3.8, 4) is 0 Å². The normalized spacial score (nSPS) is 21.8. The number of thioether (sulfide) groups is 1. The van der Waals surface area contributed by atoms with Crippen LogP contribution >= 0.6 is 11.8 Å². The molecule has 24 heavy (non-hydrogen) atoms. The Labute approximate surface area is 144 Å². The number of benzene rings is 1. The first-order valence-electron chi connectivity index (χ1n) is 7.94. The van der Waals surface area contributed by atoms with E-state index in [9.17, 15) is 9.18 Å². The fourth-order valence-corrected chi connectivity index (χ4v) is 3.98. The summed E-state index contributed by atoms with van der Waals surface area (Å²) in [5.41, 5.74) is 7.73. The highest BCUT2D eigenvalue weighted by Gasteiger charge is 2.29. The van der Waals surface area contributed by atoms with Gasteiger partial charge in [-0.05, 0) is 18.2 Å². The van der Waals surface area contributed by atoms with Crippen LogP contribution in [-0.2, 0) is 9.53 Å². The van der Waals surface area contributed by atoms with E-state index in [2.05, 4.69) is 10.3 Å². The van der Waals surface area contributed by atoms with Gasteiger partial charge in [0, 0.05) is 41.5 Å². The second-order valence-electron chi connectivity index (χ2n) is 5.61. The van der Waals surface area contributed by atoms with Gasteiger partial charge in [0.05, 0.1) is 18.5 Å². The number of morpholine rings is 1. The number of nitrogens with zero attached hydrogens (tertiary/aromatic N) is 2. The molecule has 1 aromatic carbocycles. The summed E-state index contributed by atoms with van der Waals surface area (Å²) in [4.78, 5) is 18.9. The lowest BCUT2D eigenvalue weighted by Gasteiger charge is -2.27. The summed E-state index contributed by atoms with van der Waals surface area (Å²) >= 11 is 1.66. The summed E-state index contributed by atoms with van der Waals surface area (Å²) in [6, 6.07) is 5.93. The number of aliphatic imine (C=N–C) groups is 1. The van der Waals surface area contributed by atoms with Crippen LogP contribution in [0.3, 0.4) is 0 Å². The van der Waals surface area contributed by atoms with Gasteiger partial charge in [-0.3, -0.25) is 9.79 Å². The molecule has 2 aliphatic rings. The van der Waals surface area contributed by atoms with Crippen molar-refractivity contribution in [2.24, 2.45) is 16.6 Å². The average Bonchev–Trinajstić information content (AvgIpc) is 3.02. The predicted molar refractivity (Wildman–Crippen MR) is 94.8 cm³/mol. The number of carbonyl (C=O) groups excluding carboxylic acids is 1. The van der Waals surface area contributed by atoms with Gasteiger partial charge >= 0.3 is 0 Å². The second-order valence-corrected chi connectivity index (χ2v) is 6.79. The fourth-order valence-electron chi connectivity index (χ4n) is 2.72. The summed E-state index contributed by atoms with van der Waals surface area (Å²) in [6.45, 7) is 1.40. The highest BCUT2D eigenvalue weighted by molar-refractivity contribution is 8.00. The molecule has 2 aliphatic heterocycles. The van der Waals surface area contributed by atoms with E-state index >= 15 is 0 Å². The van der Waals surface area contributed by atoms with Crippen LogP contribution in [0.15, 0.2) is 28.1 Å². The van der Waals surface area contributed by atoms with E-state index in [1.54, 1.807) is 22.9 Å². The third kappa shape index (κ3) is 3.71. The van der Waals surface area contributed by atoms with E-state index in [1.165, 1.54) is 0 Å². The van der Waals surface area contributed by atoms with Crippen LogP contribution in [0.2, 0.25) is 0 Å². The lowest BCUT2D eigenvalue weighted by Crippen LogP contribution is -2.41. The summed E-state index contributed by atoms with van der Waals surface area (Å²) < 4.78 is 17.4. The van der Waals surface area contributed by atoms with E-state index in [0.29, 0.717) is 19.7 Å². The van der Waals surface area contributed by atoms with Gasteiger partial charge in [0.2, 0.25) is 0 Å². The SMILES string of the molecule is NCC(/C=N\CCF)C1Nc2ccc(N3CCOCC3=O)cc2S1. The first-order valence-corrected chi connectivity index (χ1v) is 8.82. The number of nitrogens with one attached hydrogen (secondary N) is 1. The summed E-state index contributed by atoms with van der Waals surface area (Å²) in [5, 5.41) is 3.48. The van der Waals surface area contributed by atoms with Crippen LogP contribution in [0.25, 0.3) is 0 Å². The monoisotopic (exact) mass is 352 g/mol. The first kappa shape index (κ1) is 17.2. The number of anilines is 2. The molecule has 0 spiro atoms. The Balaban J connectivity index is 1.71. The van der Waals surface area contributed by atoms with Crippen molar-refractivity contribution in [1.29, 1.82) is 0 Å². The van der Waals surface area contributed by atoms with Gasteiger partial charge in [-0.2, -0.15) is 0 Å². The molecule has 2 unspecified atom stereocenters. The number of rotatable bonds is 6. The average molecular weight is 352 g/mol. The Morgan fingerprint density at radius 1 is 1.58 bits per heavy atom. The van der Waals surface area contributed by atoms with Crippen LogP contribution in [0.1, 0.15) is 0 Å². The minimum absolute atomic E-state index is 0.0161. The molecule has 0 saturated carbocycles. The quantitative estimate of drug-likeness (QED) is 0.759. The third-order valence-electron chi connectivity index (χ3n) is 3.99. The Morgan fingerprint density at radius 3 is 3.21 bits per heavy atom. The Bertz CT molecular complexity index is 628. The van der Waals surface area contributed by atoms with Gasteiger partial charge in [-0.15, -0.1) is 0 Å². The van der Waals surface area contributed by atoms with E-state index in [4.69, 9.17) is 10.5 Å². The van der Waals surface area contributed by atoms with Crippen molar-refractivity contribution in [1.82, 2.24) is 0 Å². The number of amides is 1. The van der Waals surface area contributed by atoms with Crippen molar-refractivity contribution in [2.45, 2.75) is 10.3 Å². The number of alkyl halides is 1. The molecule has 8 heteroatoms. The molecular weight excluding hydrogens is 331 g/mol. The number of carbonyl (C=O) groups is 1. The molecule has 0 aromatic heterocycles. The molecule has 2 heterocycles. The smallest absolute Gasteiger partial charge is 0.253 e. The van der Waals surface area contributed by atoms with Gasteiger partial charge in [0.15, 0.2) is 0 Å². The van der Waals surface area contributed by atoms with Gasteiger partial charge in [-0.25, -0.2) is 4.39 Å². The Morgan fingerprint density at radius 2 is 2.46 bits per heavy atom. The Kier molecular flexibility index (Phi) is 5.70.